The number of amides is 4. The van der Waals surface area contributed by atoms with Gasteiger partial charge >= 0.3 is 12.1 Å². The van der Waals surface area contributed by atoms with Gasteiger partial charge in [0.05, 0.1) is 25.8 Å². The molecule has 2 aliphatic heterocycles. The molecule has 0 bridgehead atoms. The fraction of sp³-hybridized carbons (Fsp3) is 0.414. The molecule has 10 heteroatoms. The Morgan fingerprint density at radius 2 is 1.82 bits per heavy atom. The molecule has 0 aliphatic carbocycles. The van der Waals surface area contributed by atoms with Crippen LogP contribution in [0.3, 0.4) is 0 Å². The van der Waals surface area contributed by atoms with Crippen LogP contribution in [0.1, 0.15) is 54.1 Å². The highest BCUT2D eigenvalue weighted by molar-refractivity contribution is 5.94. The molecule has 2 aromatic carbocycles. The summed E-state index contributed by atoms with van der Waals surface area (Å²) in [6, 6.07) is 14.2. The summed E-state index contributed by atoms with van der Waals surface area (Å²) in [4.78, 5) is 42.2. The first-order valence-electron chi connectivity index (χ1n) is 13.4. The molecule has 208 valence electrons. The molecule has 39 heavy (non-hydrogen) atoms. The Morgan fingerprint density at radius 3 is 2.49 bits per heavy atom. The van der Waals surface area contributed by atoms with E-state index in [-0.39, 0.29) is 18.6 Å². The Labute approximate surface area is 228 Å². The number of urea groups is 1. The summed E-state index contributed by atoms with van der Waals surface area (Å²) >= 11 is 0. The van der Waals surface area contributed by atoms with Crippen LogP contribution in [-0.2, 0) is 11.3 Å². The van der Waals surface area contributed by atoms with Gasteiger partial charge in [0.1, 0.15) is 0 Å². The molecule has 4 rings (SSSR count). The molecule has 0 saturated carbocycles. The van der Waals surface area contributed by atoms with E-state index in [9.17, 15) is 19.5 Å². The van der Waals surface area contributed by atoms with Crippen molar-refractivity contribution in [2.75, 3.05) is 37.7 Å². The number of ether oxygens (including phenoxy) is 1. The molecule has 1 atom stereocenters. The van der Waals surface area contributed by atoms with Crippen LogP contribution in [0.25, 0.3) is 5.57 Å². The number of nitrogens with zero attached hydrogens (tertiary/aromatic N) is 3. The third kappa shape index (κ3) is 6.96. The molecule has 1 fully saturated rings. The third-order valence-corrected chi connectivity index (χ3v) is 7.21. The van der Waals surface area contributed by atoms with Crippen molar-refractivity contribution in [1.29, 1.82) is 0 Å². The van der Waals surface area contributed by atoms with Gasteiger partial charge in [-0.15, -0.1) is 0 Å². The number of nitrogens with one attached hydrogen (secondary N) is 1. The monoisotopic (exact) mass is 536 g/mol. The Kier molecular flexibility index (Phi) is 9.56. The van der Waals surface area contributed by atoms with Crippen LogP contribution in [0.4, 0.5) is 15.3 Å². The van der Waals surface area contributed by atoms with Crippen molar-refractivity contribution >= 4 is 29.3 Å². The van der Waals surface area contributed by atoms with Gasteiger partial charge in [-0.1, -0.05) is 50.1 Å². The number of hydrogen-bond acceptors (Lipinski definition) is 5. The second-order valence-electron chi connectivity index (χ2n) is 9.78. The number of benzene rings is 2. The molecule has 0 spiro atoms. The van der Waals surface area contributed by atoms with Crippen molar-refractivity contribution in [3.63, 3.8) is 0 Å². The van der Waals surface area contributed by atoms with E-state index in [4.69, 9.17) is 9.94 Å². The van der Waals surface area contributed by atoms with Crippen molar-refractivity contribution in [1.82, 2.24) is 15.3 Å². The first kappa shape index (κ1) is 28.1. The Balaban J connectivity index is 1.64. The number of rotatable bonds is 8. The van der Waals surface area contributed by atoms with Gasteiger partial charge in [-0.2, -0.15) is 0 Å². The Hall–Kier alpha value is -3.89. The first-order valence-corrected chi connectivity index (χ1v) is 13.4. The standard InChI is InChI=1S/C29H36N4O6/c1-2-3-6-25-19-24(12-13-32(25)29(36)37)23-5-4-7-26(18-23)33(28(35)31-14-16-39-17-15-31)20-21-8-10-22(11-9-21)27(34)30-38/h4-5,7-11,18-19,25,38H,2-3,6,12-17,20H2,1H3,(H,30,34)(H,36,37). The quantitative estimate of drug-likeness (QED) is 0.335. The summed E-state index contributed by atoms with van der Waals surface area (Å²) in [5, 5.41) is 18.6. The topological polar surface area (TPSA) is 123 Å². The zero-order valence-electron chi connectivity index (χ0n) is 22.2. The van der Waals surface area contributed by atoms with Gasteiger partial charge in [0.25, 0.3) is 5.91 Å². The summed E-state index contributed by atoms with van der Waals surface area (Å²) < 4.78 is 5.44. The van der Waals surface area contributed by atoms with Gasteiger partial charge < -0.3 is 19.6 Å². The summed E-state index contributed by atoms with van der Waals surface area (Å²) in [7, 11) is 0. The second-order valence-corrected chi connectivity index (χ2v) is 9.78. The lowest BCUT2D eigenvalue weighted by Crippen LogP contribution is -2.48. The van der Waals surface area contributed by atoms with Crippen molar-refractivity contribution in [2.45, 2.75) is 45.2 Å². The lowest BCUT2D eigenvalue weighted by Gasteiger charge is -2.34. The van der Waals surface area contributed by atoms with E-state index >= 15 is 0 Å². The highest BCUT2D eigenvalue weighted by Gasteiger charge is 2.28. The van der Waals surface area contributed by atoms with Crippen LogP contribution in [0.15, 0.2) is 54.6 Å². The summed E-state index contributed by atoms with van der Waals surface area (Å²) in [5.74, 6) is -0.602. The average molecular weight is 537 g/mol. The fourth-order valence-electron chi connectivity index (χ4n) is 5.02. The van der Waals surface area contributed by atoms with Crippen molar-refractivity contribution < 1.29 is 29.4 Å². The van der Waals surface area contributed by atoms with E-state index < -0.39 is 12.0 Å². The number of carbonyl (C=O) groups excluding carboxylic acids is 2. The van der Waals surface area contributed by atoms with E-state index in [1.807, 2.05) is 24.3 Å². The third-order valence-electron chi connectivity index (χ3n) is 7.21. The molecule has 0 aromatic heterocycles. The van der Waals surface area contributed by atoms with Gasteiger partial charge in [-0.3, -0.25) is 14.9 Å². The molecular weight excluding hydrogens is 500 g/mol. The van der Waals surface area contributed by atoms with Crippen molar-refractivity contribution in [3.8, 4) is 0 Å². The maximum absolute atomic E-state index is 13.7. The summed E-state index contributed by atoms with van der Waals surface area (Å²) in [6.45, 7) is 4.78. The first-order chi connectivity index (χ1) is 18.9. The Bertz CT molecular complexity index is 1190. The maximum atomic E-state index is 13.7. The molecule has 10 nitrogen and oxygen atoms in total. The van der Waals surface area contributed by atoms with Gasteiger partial charge in [0.15, 0.2) is 0 Å². The van der Waals surface area contributed by atoms with Gasteiger partial charge in [0.2, 0.25) is 0 Å². The molecule has 1 saturated heterocycles. The smallest absolute Gasteiger partial charge is 0.407 e. The predicted octanol–water partition coefficient (Wildman–Crippen LogP) is 4.59. The van der Waals surface area contributed by atoms with Crippen LogP contribution in [0.5, 0.6) is 0 Å². The zero-order chi connectivity index (χ0) is 27.8. The SMILES string of the molecule is CCCCC1C=C(c2cccc(N(Cc3ccc(C(=O)NO)cc3)C(=O)N3CCOCC3)c2)CCN1C(=O)O. The van der Waals surface area contributed by atoms with Crippen LogP contribution in [0, 0.1) is 0 Å². The van der Waals surface area contributed by atoms with E-state index in [2.05, 4.69) is 13.0 Å². The molecule has 2 heterocycles. The molecular formula is C29H36N4O6. The highest BCUT2D eigenvalue weighted by Crippen LogP contribution is 2.31. The second kappa shape index (κ2) is 13.3. The minimum Gasteiger partial charge on any atom is -0.465 e. The molecule has 2 aromatic rings. The maximum Gasteiger partial charge on any atom is 0.407 e. The number of hydroxylamine groups is 1. The fourth-order valence-corrected chi connectivity index (χ4v) is 5.02. The number of morpholine rings is 1. The molecule has 0 radical (unpaired) electrons. The summed E-state index contributed by atoms with van der Waals surface area (Å²) in [6.07, 6.45) is 4.48. The van der Waals surface area contributed by atoms with E-state index in [1.54, 1.807) is 39.5 Å². The van der Waals surface area contributed by atoms with Crippen molar-refractivity contribution in [3.05, 3.63) is 71.3 Å². The number of carbonyl (C=O) groups is 3. The normalized spacial score (nSPS) is 17.4. The zero-order valence-corrected chi connectivity index (χ0v) is 22.2. The van der Waals surface area contributed by atoms with E-state index in [0.29, 0.717) is 44.8 Å². The van der Waals surface area contributed by atoms with Crippen LogP contribution in [-0.4, -0.2) is 77.0 Å². The molecule has 4 amide bonds. The lowest BCUT2D eigenvalue weighted by atomic mass is 9.93. The molecule has 1 unspecified atom stereocenters. The van der Waals surface area contributed by atoms with Gasteiger partial charge in [0, 0.05) is 30.9 Å². The average Bonchev–Trinajstić information content (AvgIpc) is 2.98. The lowest BCUT2D eigenvalue weighted by molar-refractivity contribution is 0.0548. The predicted molar refractivity (Wildman–Crippen MR) is 147 cm³/mol. The highest BCUT2D eigenvalue weighted by atomic mass is 16.5. The number of anilines is 1. The summed E-state index contributed by atoms with van der Waals surface area (Å²) in [5.41, 5.74) is 5.54. The molecule has 2 aliphatic rings. The van der Waals surface area contributed by atoms with Crippen LogP contribution < -0.4 is 10.4 Å². The van der Waals surface area contributed by atoms with Crippen LogP contribution >= 0.6 is 0 Å². The largest absolute Gasteiger partial charge is 0.465 e. The van der Waals surface area contributed by atoms with Crippen LogP contribution in [0.2, 0.25) is 0 Å². The number of hydrogen-bond donors (Lipinski definition) is 3. The van der Waals surface area contributed by atoms with E-state index in [0.717, 1.165) is 41.6 Å². The molecule has 3 N–H and O–H groups in total. The number of unbranched alkanes of at least 4 members (excludes halogenated alkanes) is 1. The minimum atomic E-state index is -0.898. The van der Waals surface area contributed by atoms with Gasteiger partial charge in [-0.25, -0.2) is 15.1 Å². The van der Waals surface area contributed by atoms with E-state index in [1.165, 1.54) is 4.90 Å². The minimum absolute atomic E-state index is 0.136. The number of carboxylic acid groups (broad SMARTS) is 1. The van der Waals surface area contributed by atoms with Crippen molar-refractivity contribution in [2.24, 2.45) is 0 Å². The van der Waals surface area contributed by atoms with Gasteiger partial charge in [-0.05, 0) is 53.8 Å². The Morgan fingerprint density at radius 1 is 1.08 bits per heavy atom.